The summed E-state index contributed by atoms with van der Waals surface area (Å²) in [5, 5.41) is 4.72. The predicted octanol–water partition coefficient (Wildman–Crippen LogP) is 2.52. The number of unbranched alkanes of at least 4 members (excludes halogenated alkanes) is 1. The highest BCUT2D eigenvalue weighted by Gasteiger charge is 2.30. The Morgan fingerprint density at radius 2 is 1.78 bits per heavy atom. The van der Waals surface area contributed by atoms with E-state index in [0.29, 0.717) is 55.8 Å². The maximum absolute atomic E-state index is 13.6. The molecule has 0 radical (unpaired) electrons. The van der Waals surface area contributed by atoms with Gasteiger partial charge in [0.15, 0.2) is 5.52 Å². The van der Waals surface area contributed by atoms with Crippen molar-refractivity contribution in [1.82, 2.24) is 38.8 Å². The summed E-state index contributed by atoms with van der Waals surface area (Å²) in [7, 11) is -1.68. The summed E-state index contributed by atoms with van der Waals surface area (Å²) < 4.78 is 36.7. The number of piperidine rings is 1. The zero-order valence-electron chi connectivity index (χ0n) is 24.6. The van der Waals surface area contributed by atoms with Gasteiger partial charge in [-0.1, -0.05) is 27.2 Å². The Morgan fingerprint density at radius 3 is 2.44 bits per heavy atom. The Kier molecular flexibility index (Phi) is 9.07. The Labute approximate surface area is 241 Å². The summed E-state index contributed by atoms with van der Waals surface area (Å²) in [5.74, 6) is 0.475. The Bertz CT molecular complexity index is 1520. The Balaban J connectivity index is 1.57. The number of aromatic nitrogens is 5. The third-order valence-corrected chi connectivity index (χ3v) is 10.1. The standard InChI is InChI=1S/C28H42N8O4S/c1-5-8-17-40-28-22(18-21(19-29-28)41(38,39)35-15-13-34(7-3)14-16-35)26-30-24-23(6-2)36(32-25(24)27(37)31-26)20-9-11-33(4)12-10-20/h18-20H,5-17H2,1-4H3,(H,30,31,37). The third kappa shape index (κ3) is 6.04. The second-order valence-corrected chi connectivity index (χ2v) is 12.9. The monoisotopic (exact) mass is 586 g/mol. The average Bonchev–Trinajstić information content (AvgIpc) is 3.37. The number of likely N-dealkylation sites (N-methyl/N-ethyl adjacent to an activating group) is 1. The lowest BCUT2D eigenvalue weighted by atomic mass is 10.1. The van der Waals surface area contributed by atoms with Crippen LogP contribution in [0.4, 0.5) is 0 Å². The van der Waals surface area contributed by atoms with Gasteiger partial charge in [-0.3, -0.25) is 9.48 Å². The summed E-state index contributed by atoms with van der Waals surface area (Å²) in [5.41, 5.74) is 1.72. The highest BCUT2D eigenvalue weighted by Crippen LogP contribution is 2.32. The van der Waals surface area contributed by atoms with Crippen molar-refractivity contribution in [2.75, 3.05) is 59.5 Å². The van der Waals surface area contributed by atoms with E-state index in [1.807, 2.05) is 11.6 Å². The van der Waals surface area contributed by atoms with Crippen LogP contribution in [-0.2, 0) is 16.4 Å². The molecule has 13 heteroatoms. The van der Waals surface area contributed by atoms with Gasteiger partial charge in [0.05, 0.1) is 30.1 Å². The lowest BCUT2D eigenvalue weighted by Crippen LogP contribution is -2.48. The van der Waals surface area contributed by atoms with Gasteiger partial charge in [0.2, 0.25) is 15.9 Å². The molecule has 0 bridgehead atoms. The van der Waals surface area contributed by atoms with E-state index in [1.165, 1.54) is 16.6 Å². The molecule has 2 fully saturated rings. The number of hydrogen-bond donors (Lipinski definition) is 1. The van der Waals surface area contributed by atoms with Crippen LogP contribution in [0, 0.1) is 0 Å². The molecule has 3 aromatic heterocycles. The molecule has 12 nitrogen and oxygen atoms in total. The zero-order chi connectivity index (χ0) is 29.1. The number of aryl methyl sites for hydroxylation is 1. The fourth-order valence-electron chi connectivity index (χ4n) is 5.64. The van der Waals surface area contributed by atoms with Crippen LogP contribution in [0.1, 0.15) is 58.2 Å². The molecule has 2 aliphatic rings. The number of fused-ring (bicyclic) bond motifs is 1. The van der Waals surface area contributed by atoms with Crippen molar-refractivity contribution in [3.63, 3.8) is 0 Å². The van der Waals surface area contributed by atoms with Crippen molar-refractivity contribution in [2.45, 2.75) is 63.8 Å². The van der Waals surface area contributed by atoms with Crippen LogP contribution in [0.5, 0.6) is 5.88 Å². The summed E-state index contributed by atoms with van der Waals surface area (Å²) in [6.07, 6.45) is 5.66. The third-order valence-electron chi connectivity index (χ3n) is 8.26. The molecule has 5 heterocycles. The maximum atomic E-state index is 13.6. The van der Waals surface area contributed by atoms with Gasteiger partial charge in [-0.2, -0.15) is 9.40 Å². The summed E-state index contributed by atoms with van der Waals surface area (Å²) in [4.78, 5) is 30.1. The molecule has 2 aliphatic heterocycles. The number of rotatable bonds is 10. The number of nitrogens with zero attached hydrogens (tertiary/aromatic N) is 7. The smallest absolute Gasteiger partial charge is 0.279 e. The van der Waals surface area contributed by atoms with Gasteiger partial charge in [-0.15, -0.1) is 0 Å². The number of hydrogen-bond acceptors (Lipinski definition) is 9. The largest absolute Gasteiger partial charge is 0.477 e. The van der Waals surface area contributed by atoms with Crippen molar-refractivity contribution >= 4 is 21.1 Å². The molecule has 5 rings (SSSR count). The normalized spacial score (nSPS) is 18.3. The Hall–Kier alpha value is -2.87. The second kappa shape index (κ2) is 12.6. The highest BCUT2D eigenvalue weighted by atomic mass is 32.2. The van der Waals surface area contributed by atoms with Crippen molar-refractivity contribution in [3.05, 3.63) is 28.3 Å². The molecule has 0 aromatic carbocycles. The molecular formula is C28H42N8O4S. The SMILES string of the molecule is CCCCOc1ncc(S(=O)(=O)N2CCN(CC)CC2)cc1-c1nc2c(CC)n(C3CCN(C)CC3)nc2c(=O)[nH]1. The summed E-state index contributed by atoms with van der Waals surface area (Å²) >= 11 is 0. The number of piperazine rings is 1. The van der Waals surface area contributed by atoms with E-state index < -0.39 is 10.0 Å². The first-order chi connectivity index (χ1) is 19.8. The van der Waals surface area contributed by atoms with Crippen LogP contribution < -0.4 is 10.3 Å². The highest BCUT2D eigenvalue weighted by molar-refractivity contribution is 7.89. The van der Waals surface area contributed by atoms with E-state index in [9.17, 15) is 13.2 Å². The number of sulfonamides is 1. The molecule has 1 N–H and O–H groups in total. The van der Waals surface area contributed by atoms with Crippen LogP contribution in [0.3, 0.4) is 0 Å². The first-order valence-corrected chi connectivity index (χ1v) is 16.3. The molecule has 0 saturated carbocycles. The zero-order valence-corrected chi connectivity index (χ0v) is 25.4. The molecule has 0 aliphatic carbocycles. The number of H-pyrrole nitrogens is 1. The van der Waals surface area contributed by atoms with Gasteiger partial charge in [0.1, 0.15) is 16.2 Å². The first-order valence-electron chi connectivity index (χ1n) is 14.8. The molecule has 0 atom stereocenters. The van der Waals surface area contributed by atoms with Gasteiger partial charge < -0.3 is 19.5 Å². The van der Waals surface area contributed by atoms with Gasteiger partial charge in [0, 0.05) is 26.2 Å². The van der Waals surface area contributed by atoms with Crippen molar-refractivity contribution in [2.24, 2.45) is 0 Å². The van der Waals surface area contributed by atoms with Crippen molar-refractivity contribution < 1.29 is 13.2 Å². The van der Waals surface area contributed by atoms with E-state index in [-0.39, 0.29) is 28.2 Å². The summed E-state index contributed by atoms with van der Waals surface area (Å²) in [6.45, 7) is 11.6. The van der Waals surface area contributed by atoms with Crippen LogP contribution in [0.15, 0.2) is 22.0 Å². The van der Waals surface area contributed by atoms with E-state index >= 15 is 0 Å². The lowest BCUT2D eigenvalue weighted by molar-refractivity contribution is 0.196. The predicted molar refractivity (Wildman–Crippen MR) is 158 cm³/mol. The number of aromatic amines is 1. The molecule has 0 spiro atoms. The second-order valence-electron chi connectivity index (χ2n) is 11.0. The van der Waals surface area contributed by atoms with Crippen molar-refractivity contribution in [1.29, 1.82) is 0 Å². The fourth-order valence-corrected chi connectivity index (χ4v) is 7.04. The first kappa shape index (κ1) is 29.6. The molecule has 41 heavy (non-hydrogen) atoms. The van der Waals surface area contributed by atoms with Crippen LogP contribution in [-0.4, -0.2) is 107 Å². The molecule has 0 unspecified atom stereocenters. The summed E-state index contributed by atoms with van der Waals surface area (Å²) in [6, 6.07) is 1.74. The topological polar surface area (TPSA) is 130 Å². The molecule has 224 valence electrons. The van der Waals surface area contributed by atoms with E-state index in [1.54, 1.807) is 0 Å². The van der Waals surface area contributed by atoms with Crippen LogP contribution in [0.2, 0.25) is 0 Å². The van der Waals surface area contributed by atoms with E-state index in [2.05, 4.69) is 40.7 Å². The van der Waals surface area contributed by atoms with E-state index in [0.717, 1.165) is 51.0 Å². The minimum absolute atomic E-state index is 0.0563. The van der Waals surface area contributed by atoms with Gasteiger partial charge >= 0.3 is 0 Å². The van der Waals surface area contributed by atoms with Crippen LogP contribution in [0.25, 0.3) is 22.4 Å². The van der Waals surface area contributed by atoms with Crippen molar-refractivity contribution in [3.8, 4) is 17.3 Å². The number of pyridine rings is 1. The molecule has 0 amide bonds. The number of likely N-dealkylation sites (tertiary alicyclic amines) is 1. The quantitative estimate of drug-likeness (QED) is 0.356. The molecule has 2 saturated heterocycles. The maximum Gasteiger partial charge on any atom is 0.279 e. The van der Waals surface area contributed by atoms with E-state index in [4.69, 9.17) is 14.8 Å². The van der Waals surface area contributed by atoms with Gasteiger partial charge in [-0.05, 0) is 58.4 Å². The Morgan fingerprint density at radius 1 is 1.05 bits per heavy atom. The minimum Gasteiger partial charge on any atom is -0.477 e. The number of ether oxygens (including phenoxy) is 1. The minimum atomic E-state index is -3.80. The van der Waals surface area contributed by atoms with Gasteiger partial charge in [-0.25, -0.2) is 18.4 Å². The molecular weight excluding hydrogens is 544 g/mol. The fraction of sp³-hybridized carbons (Fsp3) is 0.643. The van der Waals surface area contributed by atoms with Gasteiger partial charge in [0.25, 0.3) is 5.56 Å². The van der Waals surface area contributed by atoms with Crippen LogP contribution >= 0.6 is 0 Å². The lowest BCUT2D eigenvalue weighted by Gasteiger charge is -2.33. The average molecular weight is 587 g/mol. The molecule has 3 aromatic rings. The number of nitrogens with one attached hydrogen (secondary N) is 1.